The van der Waals surface area contributed by atoms with Crippen LogP contribution in [0.25, 0.3) is 0 Å². The van der Waals surface area contributed by atoms with Crippen LogP contribution < -0.4 is 0 Å². The first kappa shape index (κ1) is 16.3. The van der Waals surface area contributed by atoms with E-state index in [0.29, 0.717) is 21.2 Å². The highest BCUT2D eigenvalue weighted by Crippen LogP contribution is 2.25. The van der Waals surface area contributed by atoms with Gasteiger partial charge in [-0.2, -0.15) is 0 Å². The van der Waals surface area contributed by atoms with Crippen LogP contribution >= 0.6 is 23.2 Å². The number of halogens is 2. The quantitative estimate of drug-likeness (QED) is 0.849. The molecule has 0 bridgehead atoms. The van der Waals surface area contributed by atoms with Gasteiger partial charge in [-0.05, 0) is 12.1 Å². The fraction of sp³-hybridized carbons (Fsp3) is 0.250. The van der Waals surface area contributed by atoms with Crippen molar-refractivity contribution in [3.63, 3.8) is 0 Å². The van der Waals surface area contributed by atoms with Crippen LogP contribution in [0.3, 0.4) is 0 Å². The maximum Gasteiger partial charge on any atom is 0.104 e. The highest BCUT2D eigenvalue weighted by molar-refractivity contribution is 6.31. The number of benzene rings is 2. The molecular formula is C16H16Cl2O3. The van der Waals surface area contributed by atoms with E-state index in [1.807, 2.05) is 0 Å². The molecule has 0 fully saturated rings. The van der Waals surface area contributed by atoms with Gasteiger partial charge >= 0.3 is 0 Å². The third-order valence-electron chi connectivity index (χ3n) is 3.08. The average Bonchev–Trinajstić information content (AvgIpc) is 2.48. The minimum absolute atomic E-state index is 0.0469. The Balaban J connectivity index is 1.87. The Kier molecular flexibility index (Phi) is 6.03. The van der Waals surface area contributed by atoms with Crippen molar-refractivity contribution in [3.05, 3.63) is 69.7 Å². The summed E-state index contributed by atoms with van der Waals surface area (Å²) in [4.78, 5) is 0. The molecule has 0 unspecified atom stereocenters. The Morgan fingerprint density at radius 1 is 0.762 bits per heavy atom. The lowest BCUT2D eigenvalue weighted by Crippen LogP contribution is -2.13. The topological polar surface area (TPSA) is 49.7 Å². The zero-order chi connectivity index (χ0) is 15.2. The molecule has 0 spiro atoms. The van der Waals surface area contributed by atoms with Crippen LogP contribution in [0.1, 0.15) is 23.3 Å². The summed E-state index contributed by atoms with van der Waals surface area (Å²) in [6, 6.07) is 14.1. The van der Waals surface area contributed by atoms with Gasteiger partial charge < -0.3 is 14.9 Å². The van der Waals surface area contributed by atoms with Crippen LogP contribution in [0.2, 0.25) is 10.0 Å². The standard InChI is InChI=1S/C16H16Cl2O3/c17-13-7-3-1-5-11(13)15(19)9-21-10-16(20)12-6-2-4-8-14(12)18/h1-8,15-16,19-20H,9-10H2/t15-,16-/m1/s1. The van der Waals surface area contributed by atoms with Crippen molar-refractivity contribution in [2.45, 2.75) is 12.2 Å². The zero-order valence-corrected chi connectivity index (χ0v) is 12.8. The van der Waals surface area contributed by atoms with E-state index in [9.17, 15) is 10.2 Å². The molecule has 5 heteroatoms. The van der Waals surface area contributed by atoms with Gasteiger partial charge in [0.05, 0.1) is 13.2 Å². The number of ether oxygens (including phenoxy) is 1. The molecule has 21 heavy (non-hydrogen) atoms. The average molecular weight is 327 g/mol. The Bertz CT molecular complexity index is 538. The van der Waals surface area contributed by atoms with Gasteiger partial charge in [-0.15, -0.1) is 0 Å². The van der Waals surface area contributed by atoms with Gasteiger partial charge in [0.15, 0.2) is 0 Å². The first-order valence-electron chi connectivity index (χ1n) is 6.52. The van der Waals surface area contributed by atoms with E-state index in [1.54, 1.807) is 48.5 Å². The smallest absolute Gasteiger partial charge is 0.104 e. The number of hydrogen-bond donors (Lipinski definition) is 2. The minimum Gasteiger partial charge on any atom is -0.386 e. The van der Waals surface area contributed by atoms with Crippen molar-refractivity contribution in [2.24, 2.45) is 0 Å². The molecule has 0 heterocycles. The summed E-state index contributed by atoms with van der Waals surface area (Å²) in [5.74, 6) is 0. The monoisotopic (exact) mass is 326 g/mol. The van der Waals surface area contributed by atoms with Crippen molar-refractivity contribution in [1.82, 2.24) is 0 Å². The van der Waals surface area contributed by atoms with Crippen molar-refractivity contribution in [2.75, 3.05) is 13.2 Å². The lowest BCUT2D eigenvalue weighted by molar-refractivity contribution is -0.00887. The molecular weight excluding hydrogens is 311 g/mol. The number of aliphatic hydroxyl groups excluding tert-OH is 2. The van der Waals surface area contributed by atoms with E-state index in [2.05, 4.69) is 0 Å². The van der Waals surface area contributed by atoms with Gasteiger partial charge in [0.2, 0.25) is 0 Å². The summed E-state index contributed by atoms with van der Waals surface area (Å²) in [6.45, 7) is 0.0937. The normalized spacial score (nSPS) is 13.9. The second kappa shape index (κ2) is 7.78. The van der Waals surface area contributed by atoms with Gasteiger partial charge in [-0.25, -0.2) is 0 Å². The summed E-state index contributed by atoms with van der Waals surface area (Å²) in [7, 11) is 0. The van der Waals surface area contributed by atoms with Crippen molar-refractivity contribution < 1.29 is 14.9 Å². The van der Waals surface area contributed by atoms with E-state index in [-0.39, 0.29) is 13.2 Å². The van der Waals surface area contributed by atoms with E-state index in [4.69, 9.17) is 27.9 Å². The van der Waals surface area contributed by atoms with Crippen LogP contribution in [-0.4, -0.2) is 23.4 Å². The highest BCUT2D eigenvalue weighted by atomic mass is 35.5. The molecule has 0 amide bonds. The highest BCUT2D eigenvalue weighted by Gasteiger charge is 2.14. The zero-order valence-electron chi connectivity index (χ0n) is 11.2. The third kappa shape index (κ3) is 4.43. The lowest BCUT2D eigenvalue weighted by atomic mass is 10.1. The van der Waals surface area contributed by atoms with E-state index in [0.717, 1.165) is 0 Å². The molecule has 2 aromatic carbocycles. The van der Waals surface area contributed by atoms with E-state index < -0.39 is 12.2 Å². The molecule has 0 radical (unpaired) electrons. The van der Waals surface area contributed by atoms with Crippen LogP contribution in [0.4, 0.5) is 0 Å². The molecule has 0 aliphatic rings. The van der Waals surface area contributed by atoms with E-state index in [1.165, 1.54) is 0 Å². The summed E-state index contributed by atoms with van der Waals surface area (Å²) >= 11 is 12.0. The second-order valence-electron chi connectivity index (χ2n) is 4.61. The molecule has 0 saturated heterocycles. The third-order valence-corrected chi connectivity index (χ3v) is 3.77. The van der Waals surface area contributed by atoms with Gasteiger partial charge in [0.1, 0.15) is 12.2 Å². The summed E-state index contributed by atoms with van der Waals surface area (Å²) in [6.07, 6.45) is -1.67. The Labute approximate surface area is 133 Å². The predicted octanol–water partition coefficient (Wildman–Crippen LogP) is 3.78. The summed E-state index contributed by atoms with van der Waals surface area (Å²) < 4.78 is 5.36. The van der Waals surface area contributed by atoms with Gasteiger partial charge in [-0.3, -0.25) is 0 Å². The molecule has 3 nitrogen and oxygen atoms in total. The van der Waals surface area contributed by atoms with Crippen LogP contribution in [0.5, 0.6) is 0 Å². The molecule has 2 N–H and O–H groups in total. The Morgan fingerprint density at radius 2 is 1.14 bits per heavy atom. The largest absolute Gasteiger partial charge is 0.386 e. The molecule has 0 aliphatic carbocycles. The van der Waals surface area contributed by atoms with Crippen molar-refractivity contribution in [3.8, 4) is 0 Å². The van der Waals surface area contributed by atoms with Crippen LogP contribution in [-0.2, 0) is 4.74 Å². The fourth-order valence-corrected chi connectivity index (χ4v) is 2.48. The maximum absolute atomic E-state index is 10.0. The lowest BCUT2D eigenvalue weighted by Gasteiger charge is -2.16. The molecule has 0 aromatic heterocycles. The minimum atomic E-state index is -0.836. The first-order chi connectivity index (χ1) is 10.1. The number of aliphatic hydroxyl groups is 2. The van der Waals surface area contributed by atoms with E-state index >= 15 is 0 Å². The van der Waals surface area contributed by atoms with Crippen molar-refractivity contribution >= 4 is 23.2 Å². The van der Waals surface area contributed by atoms with Gasteiger partial charge in [0, 0.05) is 21.2 Å². The van der Waals surface area contributed by atoms with Gasteiger partial charge in [0.25, 0.3) is 0 Å². The molecule has 2 rings (SSSR count). The SMILES string of the molecule is O[C@H](COC[C@@H](O)c1ccccc1Cl)c1ccccc1Cl. The maximum atomic E-state index is 10.0. The number of rotatable bonds is 6. The molecule has 2 atom stereocenters. The predicted molar refractivity (Wildman–Crippen MR) is 83.6 cm³/mol. The molecule has 0 saturated carbocycles. The first-order valence-corrected chi connectivity index (χ1v) is 7.28. The van der Waals surface area contributed by atoms with Crippen molar-refractivity contribution in [1.29, 1.82) is 0 Å². The summed E-state index contributed by atoms with van der Waals surface area (Å²) in [5.41, 5.74) is 1.21. The Hall–Kier alpha value is -1.10. The van der Waals surface area contributed by atoms with Gasteiger partial charge in [-0.1, -0.05) is 59.6 Å². The Morgan fingerprint density at radius 3 is 1.52 bits per heavy atom. The van der Waals surface area contributed by atoms with Crippen LogP contribution in [0, 0.1) is 0 Å². The molecule has 0 aliphatic heterocycles. The fourth-order valence-electron chi connectivity index (χ4n) is 1.96. The second-order valence-corrected chi connectivity index (χ2v) is 5.43. The number of hydrogen-bond acceptors (Lipinski definition) is 3. The molecule has 112 valence electrons. The summed E-state index contributed by atoms with van der Waals surface area (Å²) in [5, 5.41) is 21.0. The molecule has 2 aromatic rings. The van der Waals surface area contributed by atoms with Crippen LogP contribution in [0.15, 0.2) is 48.5 Å².